The molecule has 1 rings (SSSR count). The first-order chi connectivity index (χ1) is 7.86. The molecular weight excluding hydrogens is 212 g/mol. The molecule has 0 amide bonds. The van der Waals surface area contributed by atoms with Crippen molar-refractivity contribution in [2.75, 3.05) is 12.5 Å². The lowest BCUT2D eigenvalue weighted by atomic mass is 9.87. The number of nitrogen functional groups attached to an aromatic ring is 1. The van der Waals surface area contributed by atoms with E-state index in [0.717, 1.165) is 17.9 Å². The molecule has 0 fully saturated rings. The highest BCUT2D eigenvalue weighted by Crippen LogP contribution is 2.25. The zero-order valence-corrected chi connectivity index (χ0v) is 11.5. The molecule has 1 atom stereocenters. The molecule has 4 nitrogen and oxygen atoms in total. The van der Waals surface area contributed by atoms with E-state index in [0.29, 0.717) is 6.04 Å². The number of rotatable bonds is 4. The SMILES string of the molecule is CC(N(C)Cc1cccnc1NN)C(C)(C)C. The summed E-state index contributed by atoms with van der Waals surface area (Å²) >= 11 is 0. The van der Waals surface area contributed by atoms with Crippen molar-refractivity contribution in [3.8, 4) is 0 Å². The smallest absolute Gasteiger partial charge is 0.144 e. The number of nitrogens with zero attached hydrogens (tertiary/aromatic N) is 2. The Labute approximate surface area is 104 Å². The van der Waals surface area contributed by atoms with Crippen molar-refractivity contribution in [1.82, 2.24) is 9.88 Å². The molecule has 0 spiro atoms. The molecule has 0 bridgehead atoms. The van der Waals surface area contributed by atoms with Crippen molar-refractivity contribution in [2.24, 2.45) is 11.3 Å². The van der Waals surface area contributed by atoms with Gasteiger partial charge in [0.2, 0.25) is 0 Å². The van der Waals surface area contributed by atoms with Crippen LogP contribution in [-0.2, 0) is 6.54 Å². The van der Waals surface area contributed by atoms with E-state index in [9.17, 15) is 0 Å². The fourth-order valence-corrected chi connectivity index (χ4v) is 1.76. The van der Waals surface area contributed by atoms with Crippen LogP contribution in [-0.4, -0.2) is 23.0 Å². The van der Waals surface area contributed by atoms with E-state index < -0.39 is 0 Å². The fourth-order valence-electron chi connectivity index (χ4n) is 1.76. The summed E-state index contributed by atoms with van der Waals surface area (Å²) in [6, 6.07) is 4.47. The van der Waals surface area contributed by atoms with Gasteiger partial charge >= 0.3 is 0 Å². The Morgan fingerprint density at radius 3 is 2.65 bits per heavy atom. The molecule has 1 aromatic heterocycles. The minimum absolute atomic E-state index is 0.257. The summed E-state index contributed by atoms with van der Waals surface area (Å²) < 4.78 is 0. The van der Waals surface area contributed by atoms with Crippen molar-refractivity contribution in [2.45, 2.75) is 40.3 Å². The molecule has 0 saturated heterocycles. The minimum Gasteiger partial charge on any atom is -0.308 e. The third-order valence-corrected chi connectivity index (χ3v) is 3.36. The maximum Gasteiger partial charge on any atom is 0.144 e. The van der Waals surface area contributed by atoms with Crippen LogP contribution in [0, 0.1) is 5.41 Å². The van der Waals surface area contributed by atoms with Crippen LogP contribution in [0.2, 0.25) is 0 Å². The van der Waals surface area contributed by atoms with Gasteiger partial charge in [-0.15, -0.1) is 0 Å². The van der Waals surface area contributed by atoms with E-state index in [2.05, 4.69) is 50.1 Å². The standard InChI is InChI=1S/C13H24N4/c1-10(13(2,3)4)17(5)9-11-7-6-8-15-12(11)16-14/h6-8,10H,9,14H2,1-5H3,(H,15,16). The van der Waals surface area contributed by atoms with E-state index in [-0.39, 0.29) is 5.41 Å². The lowest BCUT2D eigenvalue weighted by Crippen LogP contribution is -2.39. The minimum atomic E-state index is 0.257. The number of anilines is 1. The van der Waals surface area contributed by atoms with Gasteiger partial charge < -0.3 is 5.43 Å². The summed E-state index contributed by atoms with van der Waals surface area (Å²) in [5.41, 5.74) is 4.02. The first-order valence-electron chi connectivity index (χ1n) is 5.97. The average molecular weight is 236 g/mol. The molecule has 17 heavy (non-hydrogen) atoms. The maximum absolute atomic E-state index is 5.46. The monoisotopic (exact) mass is 236 g/mol. The van der Waals surface area contributed by atoms with Crippen molar-refractivity contribution in [3.05, 3.63) is 23.9 Å². The van der Waals surface area contributed by atoms with E-state index in [4.69, 9.17) is 5.84 Å². The van der Waals surface area contributed by atoms with E-state index >= 15 is 0 Å². The van der Waals surface area contributed by atoms with E-state index in [1.807, 2.05) is 12.1 Å². The summed E-state index contributed by atoms with van der Waals surface area (Å²) in [7, 11) is 2.13. The fraction of sp³-hybridized carbons (Fsp3) is 0.615. The maximum atomic E-state index is 5.46. The quantitative estimate of drug-likeness (QED) is 0.622. The zero-order chi connectivity index (χ0) is 13.1. The number of nitrogens with two attached hydrogens (primary N) is 1. The first-order valence-corrected chi connectivity index (χ1v) is 5.97. The number of hydrazine groups is 1. The van der Waals surface area contributed by atoms with Gasteiger partial charge in [-0.1, -0.05) is 26.8 Å². The van der Waals surface area contributed by atoms with Gasteiger partial charge in [0.15, 0.2) is 0 Å². The molecule has 0 aliphatic carbocycles. The number of nitrogens with one attached hydrogen (secondary N) is 1. The van der Waals surface area contributed by atoms with Gasteiger partial charge in [-0.3, -0.25) is 4.90 Å². The van der Waals surface area contributed by atoms with Crippen LogP contribution < -0.4 is 11.3 Å². The Bertz CT molecular complexity index is 357. The van der Waals surface area contributed by atoms with Crippen molar-refractivity contribution in [3.63, 3.8) is 0 Å². The molecule has 0 aliphatic rings. The lowest BCUT2D eigenvalue weighted by Gasteiger charge is -2.35. The van der Waals surface area contributed by atoms with Gasteiger partial charge in [0.1, 0.15) is 5.82 Å². The zero-order valence-electron chi connectivity index (χ0n) is 11.5. The number of hydrogen-bond donors (Lipinski definition) is 2. The topological polar surface area (TPSA) is 54.2 Å². The van der Waals surface area contributed by atoms with Gasteiger partial charge in [0.05, 0.1) is 0 Å². The molecule has 3 N–H and O–H groups in total. The Kier molecular flexibility index (Phi) is 4.48. The summed E-state index contributed by atoms with van der Waals surface area (Å²) in [5.74, 6) is 6.21. The van der Waals surface area contributed by atoms with Crippen LogP contribution in [0.4, 0.5) is 5.82 Å². The van der Waals surface area contributed by atoms with Gasteiger partial charge in [-0.25, -0.2) is 10.8 Å². The number of aromatic nitrogens is 1. The molecule has 0 radical (unpaired) electrons. The predicted molar refractivity (Wildman–Crippen MR) is 72.4 cm³/mol. The lowest BCUT2D eigenvalue weighted by molar-refractivity contribution is 0.135. The van der Waals surface area contributed by atoms with Crippen LogP contribution >= 0.6 is 0 Å². The summed E-state index contributed by atoms with van der Waals surface area (Å²) in [5, 5.41) is 0. The predicted octanol–water partition coefficient (Wildman–Crippen LogP) is 2.23. The van der Waals surface area contributed by atoms with Crippen LogP contribution in [0.3, 0.4) is 0 Å². The summed E-state index contributed by atoms with van der Waals surface area (Å²) in [6.07, 6.45) is 1.74. The Morgan fingerprint density at radius 1 is 1.47 bits per heavy atom. The van der Waals surface area contributed by atoms with Gasteiger partial charge in [0, 0.05) is 24.3 Å². The molecule has 1 heterocycles. The second-order valence-corrected chi connectivity index (χ2v) is 5.61. The molecule has 96 valence electrons. The molecule has 1 unspecified atom stereocenters. The van der Waals surface area contributed by atoms with Gasteiger partial charge in [-0.2, -0.15) is 0 Å². The van der Waals surface area contributed by atoms with Gasteiger partial charge in [0.25, 0.3) is 0 Å². The third-order valence-electron chi connectivity index (χ3n) is 3.36. The highest BCUT2D eigenvalue weighted by molar-refractivity contribution is 5.42. The second kappa shape index (κ2) is 5.47. The molecule has 1 aromatic rings. The summed E-state index contributed by atoms with van der Waals surface area (Å²) in [4.78, 5) is 6.53. The highest BCUT2D eigenvalue weighted by atomic mass is 15.3. The van der Waals surface area contributed by atoms with Crippen molar-refractivity contribution >= 4 is 5.82 Å². The van der Waals surface area contributed by atoms with E-state index in [1.165, 1.54) is 0 Å². The highest BCUT2D eigenvalue weighted by Gasteiger charge is 2.24. The van der Waals surface area contributed by atoms with Gasteiger partial charge in [-0.05, 0) is 25.5 Å². The summed E-state index contributed by atoms with van der Waals surface area (Å²) in [6.45, 7) is 9.83. The molecule has 4 heteroatoms. The van der Waals surface area contributed by atoms with Crippen molar-refractivity contribution in [1.29, 1.82) is 0 Å². The van der Waals surface area contributed by atoms with E-state index in [1.54, 1.807) is 6.20 Å². The van der Waals surface area contributed by atoms with Crippen LogP contribution in [0.5, 0.6) is 0 Å². The Hall–Kier alpha value is -1.13. The number of hydrogen-bond acceptors (Lipinski definition) is 4. The van der Waals surface area contributed by atoms with Crippen LogP contribution in [0.1, 0.15) is 33.3 Å². The normalized spacial score (nSPS) is 13.8. The Balaban J connectivity index is 2.77. The average Bonchev–Trinajstić information content (AvgIpc) is 2.27. The first kappa shape index (κ1) is 13.9. The number of pyridine rings is 1. The molecule has 0 aliphatic heterocycles. The second-order valence-electron chi connectivity index (χ2n) is 5.61. The third kappa shape index (κ3) is 3.68. The molecule has 0 saturated carbocycles. The van der Waals surface area contributed by atoms with Crippen LogP contribution in [0.25, 0.3) is 0 Å². The van der Waals surface area contributed by atoms with Crippen LogP contribution in [0.15, 0.2) is 18.3 Å². The largest absolute Gasteiger partial charge is 0.308 e. The van der Waals surface area contributed by atoms with Crippen molar-refractivity contribution < 1.29 is 0 Å². The molecule has 0 aromatic carbocycles. The molecular formula is C13H24N4. The Morgan fingerprint density at radius 2 is 2.12 bits per heavy atom.